The number of fused-ring (bicyclic) bond motifs is 1. The Labute approximate surface area is 124 Å². The summed E-state index contributed by atoms with van der Waals surface area (Å²) in [5, 5.41) is 4.80. The monoisotopic (exact) mass is 285 g/mol. The summed E-state index contributed by atoms with van der Waals surface area (Å²) in [5.41, 5.74) is 0.531. The average Bonchev–Trinajstić information content (AvgIpc) is 2.50. The van der Waals surface area contributed by atoms with Crippen LogP contribution < -0.4 is 5.32 Å². The van der Waals surface area contributed by atoms with Crippen LogP contribution in [0, 0.1) is 5.92 Å². The van der Waals surface area contributed by atoms with Crippen LogP contribution in [0.25, 0.3) is 10.8 Å². The first-order valence-corrected chi connectivity index (χ1v) is 6.90. The van der Waals surface area contributed by atoms with Crippen molar-refractivity contribution < 1.29 is 14.3 Å². The van der Waals surface area contributed by atoms with E-state index in [1.807, 2.05) is 50.2 Å². The predicted octanol–water partition coefficient (Wildman–Crippen LogP) is 2.77. The van der Waals surface area contributed by atoms with Crippen LogP contribution in [0.5, 0.6) is 0 Å². The average molecular weight is 285 g/mol. The van der Waals surface area contributed by atoms with Gasteiger partial charge in [0, 0.05) is 5.56 Å². The molecule has 1 N–H and O–H groups in total. The summed E-state index contributed by atoms with van der Waals surface area (Å²) in [6, 6.07) is 12.6. The number of carbonyl (C=O) groups is 2. The van der Waals surface area contributed by atoms with Crippen molar-refractivity contribution in [2.45, 2.75) is 19.9 Å². The third kappa shape index (κ3) is 3.40. The highest BCUT2D eigenvalue weighted by atomic mass is 16.5. The van der Waals surface area contributed by atoms with E-state index in [-0.39, 0.29) is 11.8 Å². The molecule has 1 atom stereocenters. The molecule has 1 amide bonds. The van der Waals surface area contributed by atoms with E-state index in [0.717, 1.165) is 10.8 Å². The molecule has 0 heterocycles. The predicted molar refractivity (Wildman–Crippen MR) is 82.1 cm³/mol. The number of ether oxygens (including phenoxy) is 1. The zero-order valence-electron chi connectivity index (χ0n) is 12.4. The molecule has 0 fully saturated rings. The molecule has 21 heavy (non-hydrogen) atoms. The Bertz CT molecular complexity index is 664. The molecule has 2 rings (SSSR count). The second kappa shape index (κ2) is 6.39. The Morgan fingerprint density at radius 3 is 2.33 bits per heavy atom. The second-order valence-electron chi connectivity index (χ2n) is 5.28. The SMILES string of the molecule is COC(=O)[C@H](NC(=O)c1ccc2ccccc2c1)C(C)C. The lowest BCUT2D eigenvalue weighted by molar-refractivity contribution is -0.144. The zero-order chi connectivity index (χ0) is 15.4. The first kappa shape index (κ1) is 15.0. The number of amides is 1. The van der Waals surface area contributed by atoms with Crippen LogP contribution in [0.2, 0.25) is 0 Å². The molecule has 4 nitrogen and oxygen atoms in total. The second-order valence-corrected chi connectivity index (χ2v) is 5.28. The number of hydrogen-bond acceptors (Lipinski definition) is 3. The van der Waals surface area contributed by atoms with Gasteiger partial charge in [0.15, 0.2) is 0 Å². The van der Waals surface area contributed by atoms with Crippen LogP contribution in [0.3, 0.4) is 0 Å². The van der Waals surface area contributed by atoms with Gasteiger partial charge in [0.2, 0.25) is 0 Å². The van der Waals surface area contributed by atoms with Gasteiger partial charge in [-0.05, 0) is 28.8 Å². The summed E-state index contributed by atoms with van der Waals surface area (Å²) in [5.74, 6) is -0.745. The van der Waals surface area contributed by atoms with Gasteiger partial charge < -0.3 is 10.1 Å². The molecule has 0 unspecified atom stereocenters. The van der Waals surface area contributed by atoms with Crippen molar-refractivity contribution in [3.05, 3.63) is 48.0 Å². The summed E-state index contributed by atoms with van der Waals surface area (Å²) in [7, 11) is 1.32. The molecule has 0 aromatic heterocycles. The maximum absolute atomic E-state index is 12.3. The molecule has 0 radical (unpaired) electrons. The minimum absolute atomic E-state index is 0.0399. The van der Waals surface area contributed by atoms with E-state index in [2.05, 4.69) is 5.32 Å². The Kier molecular flexibility index (Phi) is 4.58. The molecule has 0 aliphatic carbocycles. The van der Waals surface area contributed by atoms with E-state index in [1.165, 1.54) is 7.11 Å². The zero-order valence-corrected chi connectivity index (χ0v) is 12.4. The van der Waals surface area contributed by atoms with Gasteiger partial charge in [0.25, 0.3) is 5.91 Å². The van der Waals surface area contributed by atoms with Gasteiger partial charge in [-0.2, -0.15) is 0 Å². The number of hydrogen-bond donors (Lipinski definition) is 1. The quantitative estimate of drug-likeness (QED) is 0.879. The van der Waals surface area contributed by atoms with Gasteiger partial charge in [0.05, 0.1) is 7.11 Å². The third-order valence-electron chi connectivity index (χ3n) is 3.42. The van der Waals surface area contributed by atoms with Crippen molar-refractivity contribution >= 4 is 22.6 Å². The topological polar surface area (TPSA) is 55.4 Å². The maximum atomic E-state index is 12.3. The first-order valence-electron chi connectivity index (χ1n) is 6.90. The maximum Gasteiger partial charge on any atom is 0.328 e. The van der Waals surface area contributed by atoms with E-state index in [0.29, 0.717) is 5.56 Å². The Morgan fingerprint density at radius 1 is 1.05 bits per heavy atom. The molecular formula is C17H19NO3. The molecule has 0 aliphatic rings. The highest BCUT2D eigenvalue weighted by Crippen LogP contribution is 2.16. The van der Waals surface area contributed by atoms with Crippen molar-refractivity contribution in [3.63, 3.8) is 0 Å². The normalized spacial score (nSPS) is 12.2. The standard InChI is InChI=1S/C17H19NO3/c1-11(2)15(17(20)21-3)18-16(19)14-9-8-12-6-4-5-7-13(12)10-14/h4-11,15H,1-3H3,(H,18,19)/t15-/m1/s1. The van der Waals surface area contributed by atoms with Gasteiger partial charge in [-0.1, -0.05) is 44.2 Å². The summed E-state index contributed by atoms with van der Waals surface area (Å²) >= 11 is 0. The first-order chi connectivity index (χ1) is 10.0. The molecule has 4 heteroatoms. The van der Waals surface area contributed by atoms with E-state index in [9.17, 15) is 9.59 Å². The molecule has 0 bridgehead atoms. The molecular weight excluding hydrogens is 266 g/mol. The van der Waals surface area contributed by atoms with Crippen LogP contribution in [-0.2, 0) is 9.53 Å². The number of nitrogens with one attached hydrogen (secondary N) is 1. The summed E-state index contributed by atoms with van der Waals surface area (Å²) in [6.07, 6.45) is 0. The number of methoxy groups -OCH3 is 1. The summed E-state index contributed by atoms with van der Waals surface area (Å²) < 4.78 is 4.73. The Morgan fingerprint density at radius 2 is 1.71 bits per heavy atom. The third-order valence-corrected chi connectivity index (χ3v) is 3.42. The van der Waals surface area contributed by atoms with Crippen molar-refractivity contribution in [1.82, 2.24) is 5.32 Å². The lowest BCUT2D eigenvalue weighted by atomic mass is 10.0. The van der Waals surface area contributed by atoms with Gasteiger partial charge in [-0.3, -0.25) is 4.79 Å². The van der Waals surface area contributed by atoms with E-state index >= 15 is 0 Å². The molecule has 2 aromatic rings. The van der Waals surface area contributed by atoms with Crippen molar-refractivity contribution in [2.75, 3.05) is 7.11 Å². The minimum Gasteiger partial charge on any atom is -0.467 e. The lowest BCUT2D eigenvalue weighted by Crippen LogP contribution is -2.45. The molecule has 0 saturated heterocycles. The van der Waals surface area contributed by atoms with Gasteiger partial charge in [-0.25, -0.2) is 4.79 Å². The van der Waals surface area contributed by atoms with E-state index in [1.54, 1.807) is 6.07 Å². The fourth-order valence-corrected chi connectivity index (χ4v) is 2.18. The van der Waals surface area contributed by atoms with Gasteiger partial charge >= 0.3 is 5.97 Å². The van der Waals surface area contributed by atoms with Crippen molar-refractivity contribution in [1.29, 1.82) is 0 Å². The number of carbonyl (C=O) groups excluding carboxylic acids is 2. The fraction of sp³-hybridized carbons (Fsp3) is 0.294. The van der Waals surface area contributed by atoms with Crippen LogP contribution in [0.4, 0.5) is 0 Å². The highest BCUT2D eigenvalue weighted by Gasteiger charge is 2.25. The molecule has 2 aromatic carbocycles. The number of esters is 1. The fourth-order valence-electron chi connectivity index (χ4n) is 2.18. The van der Waals surface area contributed by atoms with Crippen molar-refractivity contribution in [3.8, 4) is 0 Å². The van der Waals surface area contributed by atoms with Crippen LogP contribution in [-0.4, -0.2) is 25.0 Å². The number of rotatable bonds is 4. The molecule has 110 valence electrons. The summed E-state index contributed by atoms with van der Waals surface area (Å²) in [6.45, 7) is 3.73. The Balaban J connectivity index is 2.23. The van der Waals surface area contributed by atoms with E-state index in [4.69, 9.17) is 4.74 Å². The Hall–Kier alpha value is -2.36. The van der Waals surface area contributed by atoms with Crippen LogP contribution in [0.1, 0.15) is 24.2 Å². The van der Waals surface area contributed by atoms with E-state index < -0.39 is 12.0 Å². The van der Waals surface area contributed by atoms with Crippen LogP contribution in [0.15, 0.2) is 42.5 Å². The number of benzene rings is 2. The largest absolute Gasteiger partial charge is 0.467 e. The minimum atomic E-state index is -0.644. The van der Waals surface area contributed by atoms with Gasteiger partial charge in [-0.15, -0.1) is 0 Å². The molecule has 0 spiro atoms. The lowest BCUT2D eigenvalue weighted by Gasteiger charge is -2.19. The molecule has 0 saturated carbocycles. The van der Waals surface area contributed by atoms with Crippen molar-refractivity contribution in [2.24, 2.45) is 5.92 Å². The van der Waals surface area contributed by atoms with Crippen LogP contribution >= 0.6 is 0 Å². The van der Waals surface area contributed by atoms with Gasteiger partial charge in [0.1, 0.15) is 6.04 Å². The smallest absolute Gasteiger partial charge is 0.328 e. The highest BCUT2D eigenvalue weighted by molar-refractivity contribution is 6.00. The summed E-state index contributed by atoms with van der Waals surface area (Å²) in [4.78, 5) is 24.0. The molecule has 0 aliphatic heterocycles.